The molecule has 0 aromatic carbocycles. The molecule has 1 saturated heterocycles. The minimum absolute atomic E-state index is 0.0583. The van der Waals surface area contributed by atoms with Gasteiger partial charge in [0, 0.05) is 37.0 Å². The molecule has 3 rings (SSSR count). The third-order valence-corrected chi connectivity index (χ3v) is 5.23. The Morgan fingerprint density at radius 3 is 3.17 bits per heavy atom. The zero-order chi connectivity index (χ0) is 16.9. The number of aromatic nitrogens is 3. The Balaban J connectivity index is 1.61. The molecule has 3 heterocycles. The summed E-state index contributed by atoms with van der Waals surface area (Å²) in [5, 5.41) is 8.64. The molecule has 6 nitrogen and oxygen atoms in total. The van der Waals surface area contributed by atoms with Crippen molar-refractivity contribution in [1.29, 1.82) is 0 Å². The highest BCUT2D eigenvalue weighted by Crippen LogP contribution is 2.20. The third kappa shape index (κ3) is 3.84. The summed E-state index contributed by atoms with van der Waals surface area (Å²) in [6, 6.07) is 3.97. The molecule has 7 heteroatoms. The van der Waals surface area contributed by atoms with E-state index in [0.29, 0.717) is 12.5 Å². The second-order valence-corrected chi connectivity index (χ2v) is 7.01. The van der Waals surface area contributed by atoms with Gasteiger partial charge in [-0.05, 0) is 43.2 Å². The van der Waals surface area contributed by atoms with Crippen molar-refractivity contribution in [3.05, 3.63) is 44.8 Å². The van der Waals surface area contributed by atoms with Crippen LogP contribution in [0.2, 0.25) is 0 Å². The summed E-state index contributed by atoms with van der Waals surface area (Å²) in [5.41, 5.74) is -0.157. The van der Waals surface area contributed by atoms with Crippen molar-refractivity contribution in [2.45, 2.75) is 32.7 Å². The molecule has 128 valence electrons. The summed E-state index contributed by atoms with van der Waals surface area (Å²) >= 11 is 1.62. The van der Waals surface area contributed by atoms with Crippen LogP contribution in [-0.4, -0.2) is 38.7 Å². The maximum absolute atomic E-state index is 12.4. The zero-order valence-corrected chi connectivity index (χ0v) is 14.6. The van der Waals surface area contributed by atoms with Crippen LogP contribution in [0, 0.1) is 5.92 Å². The molecule has 1 atom stereocenters. The van der Waals surface area contributed by atoms with Crippen molar-refractivity contribution in [2.75, 3.05) is 13.1 Å². The maximum Gasteiger partial charge on any atom is 0.343 e. The van der Waals surface area contributed by atoms with E-state index in [-0.39, 0.29) is 11.6 Å². The monoisotopic (exact) mass is 346 g/mol. The molecule has 24 heavy (non-hydrogen) atoms. The van der Waals surface area contributed by atoms with E-state index < -0.39 is 0 Å². The second kappa shape index (κ2) is 7.61. The van der Waals surface area contributed by atoms with E-state index in [0.717, 1.165) is 43.1 Å². The number of amides is 1. The van der Waals surface area contributed by atoms with Gasteiger partial charge in [-0.1, -0.05) is 6.07 Å². The lowest BCUT2D eigenvalue weighted by Crippen LogP contribution is -2.40. The molecule has 2 aromatic heterocycles. The fourth-order valence-electron chi connectivity index (χ4n) is 3.17. The van der Waals surface area contributed by atoms with Crippen LogP contribution >= 0.6 is 11.3 Å². The minimum Gasteiger partial charge on any atom is -0.339 e. The standard InChI is InChI=1S/C17H22N4O2S/c1-2-21-15(18-19-17(21)23)11-13-5-3-9-20(12-13)16(22)8-7-14-6-4-10-24-14/h4,6-8,10,13H,2-3,5,9,11-12H2,1H3,(H,19,23). The predicted molar refractivity (Wildman–Crippen MR) is 94.9 cm³/mol. The van der Waals surface area contributed by atoms with Gasteiger partial charge >= 0.3 is 5.69 Å². The van der Waals surface area contributed by atoms with Gasteiger partial charge in [-0.15, -0.1) is 11.3 Å². The highest BCUT2D eigenvalue weighted by molar-refractivity contribution is 7.10. The first-order valence-corrected chi connectivity index (χ1v) is 9.20. The molecule has 0 bridgehead atoms. The van der Waals surface area contributed by atoms with E-state index in [2.05, 4.69) is 10.2 Å². The van der Waals surface area contributed by atoms with Crippen molar-refractivity contribution >= 4 is 23.3 Å². The lowest BCUT2D eigenvalue weighted by atomic mass is 9.94. The van der Waals surface area contributed by atoms with Crippen LogP contribution in [0.5, 0.6) is 0 Å². The average molecular weight is 346 g/mol. The van der Waals surface area contributed by atoms with Gasteiger partial charge in [0.25, 0.3) is 0 Å². The molecule has 0 radical (unpaired) electrons. The number of rotatable bonds is 5. The molecule has 1 N–H and O–H groups in total. The molecule has 0 spiro atoms. The largest absolute Gasteiger partial charge is 0.343 e. The van der Waals surface area contributed by atoms with Gasteiger partial charge in [0.05, 0.1) is 0 Å². The van der Waals surface area contributed by atoms with E-state index in [9.17, 15) is 9.59 Å². The normalized spacial score (nSPS) is 18.4. The van der Waals surface area contributed by atoms with E-state index in [1.807, 2.05) is 35.4 Å². The van der Waals surface area contributed by atoms with Crippen LogP contribution in [-0.2, 0) is 17.8 Å². The minimum atomic E-state index is -0.157. The molecule has 1 aliphatic rings. The molecular formula is C17H22N4O2S. The highest BCUT2D eigenvalue weighted by Gasteiger charge is 2.24. The number of piperidine rings is 1. The summed E-state index contributed by atoms with van der Waals surface area (Å²) in [4.78, 5) is 27.0. The summed E-state index contributed by atoms with van der Waals surface area (Å²) < 4.78 is 1.66. The topological polar surface area (TPSA) is 71.0 Å². The zero-order valence-electron chi connectivity index (χ0n) is 13.8. The van der Waals surface area contributed by atoms with Gasteiger partial charge in [-0.25, -0.2) is 9.89 Å². The highest BCUT2D eigenvalue weighted by atomic mass is 32.1. The van der Waals surface area contributed by atoms with Gasteiger partial charge in [-0.2, -0.15) is 5.10 Å². The molecule has 1 fully saturated rings. The van der Waals surface area contributed by atoms with E-state index in [4.69, 9.17) is 0 Å². The number of likely N-dealkylation sites (tertiary alicyclic amines) is 1. The van der Waals surface area contributed by atoms with Crippen molar-refractivity contribution in [3.8, 4) is 0 Å². The van der Waals surface area contributed by atoms with Crippen LogP contribution in [0.15, 0.2) is 28.4 Å². The fraction of sp³-hybridized carbons (Fsp3) is 0.471. The molecule has 1 unspecified atom stereocenters. The van der Waals surface area contributed by atoms with E-state index in [1.54, 1.807) is 22.0 Å². The molecular weight excluding hydrogens is 324 g/mol. The lowest BCUT2D eigenvalue weighted by Gasteiger charge is -2.32. The Morgan fingerprint density at radius 2 is 2.42 bits per heavy atom. The van der Waals surface area contributed by atoms with Crippen LogP contribution in [0.4, 0.5) is 0 Å². The Bertz CT molecular complexity index is 760. The van der Waals surface area contributed by atoms with Gasteiger partial charge < -0.3 is 4.90 Å². The Morgan fingerprint density at radius 1 is 1.54 bits per heavy atom. The van der Waals surface area contributed by atoms with Crippen molar-refractivity contribution in [1.82, 2.24) is 19.7 Å². The fourth-order valence-corrected chi connectivity index (χ4v) is 3.79. The number of hydrogen-bond acceptors (Lipinski definition) is 4. The summed E-state index contributed by atoms with van der Waals surface area (Å²) in [7, 11) is 0. The van der Waals surface area contributed by atoms with Crippen LogP contribution in [0.1, 0.15) is 30.5 Å². The quantitative estimate of drug-likeness (QED) is 0.843. The first kappa shape index (κ1) is 16.7. The predicted octanol–water partition coefficient (Wildman–Crippen LogP) is 2.15. The third-order valence-electron chi connectivity index (χ3n) is 4.39. The SMILES string of the molecule is CCn1c(CC2CCCN(C(=O)C=Cc3cccs3)C2)n[nH]c1=O. The number of hydrogen-bond donors (Lipinski definition) is 1. The number of aromatic amines is 1. The Labute approximate surface area is 144 Å². The van der Waals surface area contributed by atoms with Gasteiger partial charge in [-0.3, -0.25) is 9.36 Å². The van der Waals surface area contributed by atoms with Crippen LogP contribution < -0.4 is 5.69 Å². The molecule has 0 saturated carbocycles. The number of carbonyl (C=O) groups excluding carboxylic acids is 1. The number of nitrogens with one attached hydrogen (secondary N) is 1. The molecule has 1 aliphatic heterocycles. The number of carbonyl (C=O) groups is 1. The second-order valence-electron chi connectivity index (χ2n) is 6.03. The van der Waals surface area contributed by atoms with Crippen molar-refractivity contribution < 1.29 is 4.79 Å². The van der Waals surface area contributed by atoms with Gasteiger partial charge in [0.1, 0.15) is 5.82 Å². The van der Waals surface area contributed by atoms with E-state index >= 15 is 0 Å². The summed E-state index contributed by atoms with van der Waals surface area (Å²) in [5.74, 6) is 1.19. The van der Waals surface area contributed by atoms with Crippen molar-refractivity contribution in [2.24, 2.45) is 5.92 Å². The van der Waals surface area contributed by atoms with Gasteiger partial charge in [0.15, 0.2) is 0 Å². The lowest BCUT2D eigenvalue weighted by molar-refractivity contribution is -0.127. The number of thiophene rings is 1. The average Bonchev–Trinajstić information content (AvgIpc) is 3.23. The summed E-state index contributed by atoms with van der Waals surface area (Å²) in [6.45, 7) is 4.07. The first-order chi connectivity index (χ1) is 11.7. The first-order valence-electron chi connectivity index (χ1n) is 8.32. The Hall–Kier alpha value is -2.15. The van der Waals surface area contributed by atoms with Crippen molar-refractivity contribution in [3.63, 3.8) is 0 Å². The van der Waals surface area contributed by atoms with E-state index in [1.165, 1.54) is 0 Å². The van der Waals surface area contributed by atoms with Crippen LogP contribution in [0.3, 0.4) is 0 Å². The molecule has 2 aromatic rings. The molecule has 0 aliphatic carbocycles. The Kier molecular flexibility index (Phi) is 5.30. The summed E-state index contributed by atoms with van der Waals surface area (Å²) in [6.07, 6.45) is 6.31. The molecule has 1 amide bonds. The van der Waals surface area contributed by atoms with Crippen LogP contribution in [0.25, 0.3) is 6.08 Å². The smallest absolute Gasteiger partial charge is 0.339 e. The van der Waals surface area contributed by atoms with Gasteiger partial charge in [0.2, 0.25) is 5.91 Å². The number of H-pyrrole nitrogens is 1. The number of nitrogens with zero attached hydrogens (tertiary/aromatic N) is 3. The maximum atomic E-state index is 12.4.